The van der Waals surface area contributed by atoms with Crippen LogP contribution < -0.4 is 22.5 Å². The lowest BCUT2D eigenvalue weighted by Gasteiger charge is -2.44. The molecule has 8 rings (SSSR count). The van der Waals surface area contributed by atoms with Gasteiger partial charge >= 0.3 is 19.2 Å². The Kier molecular flexibility index (Phi) is 11.5. The van der Waals surface area contributed by atoms with E-state index in [0.29, 0.717) is 11.5 Å². The Morgan fingerprint density at radius 2 is 1.08 bits per heavy atom. The van der Waals surface area contributed by atoms with Gasteiger partial charge in [0.1, 0.15) is 12.2 Å². The summed E-state index contributed by atoms with van der Waals surface area (Å²) in [5.41, 5.74) is -3.64. The molecule has 0 saturated carbocycles. The number of nitrogens with zero attached hydrogens (tertiary/aromatic N) is 2. The maximum Gasteiger partial charge on any atom is 0.476 e. The van der Waals surface area contributed by atoms with Gasteiger partial charge in [0.05, 0.1) is 15.6 Å². The molecule has 23 heteroatoms. The topological polar surface area (TPSA) is 213 Å². The number of phosphoric ester groups is 1. The molecular weight excluding hydrogens is 896 g/mol. The molecule has 60 heavy (non-hydrogen) atoms. The van der Waals surface area contributed by atoms with Gasteiger partial charge in [0.2, 0.25) is 0 Å². The van der Waals surface area contributed by atoms with Crippen LogP contribution in [-0.4, -0.2) is 80.3 Å². The number of aromatic amines is 2. The molecule has 4 aliphatic rings. The van der Waals surface area contributed by atoms with Crippen LogP contribution in [0.2, 0.25) is 10.0 Å². The number of phosphoric acid groups is 1. The fourth-order valence-corrected chi connectivity index (χ4v) is 12.5. The molecule has 4 N–H and O–H groups in total. The lowest BCUT2D eigenvalue weighted by Crippen LogP contribution is -2.55. The number of ether oxygens (including phenoxy) is 2. The van der Waals surface area contributed by atoms with Gasteiger partial charge in [-0.15, -0.1) is 23.5 Å². The van der Waals surface area contributed by atoms with E-state index in [1.54, 1.807) is 0 Å². The third-order valence-electron chi connectivity index (χ3n) is 10.9. The van der Waals surface area contributed by atoms with Crippen LogP contribution in [0.25, 0.3) is 0 Å². The molecule has 2 aromatic heterocycles. The summed E-state index contributed by atoms with van der Waals surface area (Å²) in [4.78, 5) is 54.2. The Balaban J connectivity index is 1.24. The van der Waals surface area contributed by atoms with E-state index in [1.165, 1.54) is 62.4 Å². The Morgan fingerprint density at radius 3 is 1.38 bits per heavy atom. The van der Waals surface area contributed by atoms with Crippen molar-refractivity contribution in [2.75, 3.05) is 11.5 Å². The number of hydrogen-bond acceptors (Lipinski definition) is 14. The molecule has 0 radical (unpaired) electrons. The van der Waals surface area contributed by atoms with Crippen molar-refractivity contribution in [3.8, 4) is 0 Å². The number of halogens is 4. The fraction of sp³-hybridized carbons (Fsp3) is 0.459. The average Bonchev–Trinajstić information content (AvgIpc) is 3.54. The van der Waals surface area contributed by atoms with Gasteiger partial charge in [0.15, 0.2) is 24.7 Å². The first-order valence-electron chi connectivity index (χ1n) is 18.5. The zero-order chi connectivity index (χ0) is 43.0. The summed E-state index contributed by atoms with van der Waals surface area (Å²) in [6, 6.07) is 12.7. The number of rotatable bonds is 12. The van der Waals surface area contributed by atoms with E-state index in [4.69, 9.17) is 46.2 Å². The molecule has 0 bridgehead atoms. The predicted molar refractivity (Wildman–Crippen MR) is 217 cm³/mol. The highest BCUT2D eigenvalue weighted by molar-refractivity contribution is 8.02. The normalized spacial score (nSPS) is 33.1. The summed E-state index contributed by atoms with van der Waals surface area (Å²) in [5.74, 6) is -5.91. The third kappa shape index (κ3) is 7.29. The van der Waals surface area contributed by atoms with Gasteiger partial charge < -0.3 is 19.7 Å². The minimum absolute atomic E-state index is 0.122. The molecule has 4 saturated heterocycles. The molecule has 16 nitrogen and oxygen atoms in total. The average molecular weight is 934 g/mol. The second-order valence-electron chi connectivity index (χ2n) is 15.0. The Labute approximate surface area is 357 Å². The monoisotopic (exact) mass is 932 g/mol. The molecule has 4 aromatic rings. The van der Waals surface area contributed by atoms with E-state index in [-0.39, 0.29) is 34.0 Å². The van der Waals surface area contributed by atoms with Gasteiger partial charge in [-0.25, -0.2) is 22.9 Å². The van der Waals surface area contributed by atoms with E-state index in [2.05, 4.69) is 9.97 Å². The van der Waals surface area contributed by atoms with Crippen molar-refractivity contribution in [1.29, 1.82) is 0 Å². The van der Waals surface area contributed by atoms with Crippen molar-refractivity contribution in [1.82, 2.24) is 19.1 Å². The van der Waals surface area contributed by atoms with Crippen molar-refractivity contribution in [2.24, 2.45) is 0 Å². The zero-order valence-electron chi connectivity index (χ0n) is 31.4. The van der Waals surface area contributed by atoms with E-state index >= 15 is 13.3 Å². The van der Waals surface area contributed by atoms with Gasteiger partial charge in [-0.05, 0) is 73.6 Å². The van der Waals surface area contributed by atoms with Crippen LogP contribution in [0.4, 0.5) is 8.78 Å². The van der Waals surface area contributed by atoms with Crippen molar-refractivity contribution in [3.05, 3.63) is 136 Å². The number of hydrogen-bond donors (Lipinski definition) is 4. The van der Waals surface area contributed by atoms with E-state index in [1.807, 2.05) is 0 Å². The van der Waals surface area contributed by atoms with Crippen molar-refractivity contribution in [2.45, 2.75) is 90.9 Å². The van der Waals surface area contributed by atoms with Crippen molar-refractivity contribution < 1.29 is 46.6 Å². The Morgan fingerprint density at radius 1 is 0.717 bits per heavy atom. The molecule has 2 aromatic carbocycles. The first-order chi connectivity index (χ1) is 28.3. The van der Waals surface area contributed by atoms with Gasteiger partial charge in [0, 0.05) is 34.6 Å². The van der Waals surface area contributed by atoms with Gasteiger partial charge in [-0.1, -0.05) is 47.5 Å². The molecule has 4 aliphatic heterocycles. The van der Waals surface area contributed by atoms with E-state index in [9.17, 15) is 29.4 Å². The minimum Gasteiger partial charge on any atom is -0.385 e. The summed E-state index contributed by atoms with van der Waals surface area (Å²) in [6.45, 7) is 2.87. The molecule has 6 heterocycles. The predicted octanol–water partition coefficient (Wildman–Crippen LogP) is 5.30. The maximum absolute atomic E-state index is 18.2. The molecule has 2 unspecified atom stereocenters. The number of benzene rings is 2. The molecule has 322 valence electrons. The minimum atomic E-state index is -5.44. The molecule has 2 spiro atoms. The zero-order valence-corrected chi connectivity index (χ0v) is 35.5. The number of nitrogens with one attached hydrogen (secondary N) is 2. The second-order valence-corrected chi connectivity index (χ2v) is 20.3. The van der Waals surface area contributed by atoms with Crippen LogP contribution in [-0.2, 0) is 27.6 Å². The van der Waals surface area contributed by atoms with Gasteiger partial charge in [0.25, 0.3) is 22.8 Å². The maximum atomic E-state index is 18.2. The Hall–Kier alpha value is -3.11. The van der Waals surface area contributed by atoms with E-state index < -0.39 is 94.5 Å². The summed E-state index contributed by atoms with van der Waals surface area (Å²) in [6.07, 6.45) is -10.4. The number of alkyl halides is 2. The highest BCUT2D eigenvalue weighted by atomic mass is 35.5. The summed E-state index contributed by atoms with van der Waals surface area (Å²) >= 11 is 14.6. The lowest BCUT2D eigenvalue weighted by atomic mass is 9.89. The molecule has 0 amide bonds. The van der Waals surface area contributed by atoms with Crippen LogP contribution in [0.3, 0.4) is 0 Å². The highest BCUT2D eigenvalue weighted by Gasteiger charge is 2.74. The van der Waals surface area contributed by atoms with E-state index in [0.717, 1.165) is 57.2 Å². The van der Waals surface area contributed by atoms with Gasteiger partial charge in [-0.2, -0.15) is 0 Å². The number of H-pyrrole nitrogens is 2. The Bertz CT molecular complexity index is 2390. The number of aromatic nitrogens is 4. The number of thioether (sulfide) groups is 2. The summed E-state index contributed by atoms with van der Waals surface area (Å²) < 4.78 is 80.6. The summed E-state index contributed by atoms with van der Waals surface area (Å²) in [5, 5.41) is 24.4. The van der Waals surface area contributed by atoms with Crippen molar-refractivity contribution >= 4 is 54.5 Å². The van der Waals surface area contributed by atoms with Crippen LogP contribution in [0, 0.1) is 0 Å². The number of aliphatic hydroxyl groups excluding tert-OH is 2. The van der Waals surface area contributed by atoms with Crippen LogP contribution in [0.15, 0.2) is 92.2 Å². The van der Waals surface area contributed by atoms with Gasteiger partial charge in [-0.3, -0.25) is 42.3 Å². The fourth-order valence-electron chi connectivity index (χ4n) is 7.91. The second kappa shape index (κ2) is 15.9. The smallest absolute Gasteiger partial charge is 0.385 e. The number of aliphatic hydroxyl groups is 2. The largest absolute Gasteiger partial charge is 0.476 e. The SMILES string of the molecule is CC(C)OP(=O)(OC(c1ccc(Cl)cc1)[C@]1(F)O[C@@H](n2ccc(=O)[nH]c2=O)[C@@]2(CCS2)[C@@H]1O)OC(c1ccc(Cl)cc1)[C@]1(F)O[C@@H](n2ccc(=O)[nH]c2=O)[C@@]2(CCS2)[C@@H]1O. The first-order valence-corrected chi connectivity index (χ1v) is 22.7. The van der Waals surface area contributed by atoms with Crippen LogP contribution >= 0.6 is 54.5 Å². The highest BCUT2D eigenvalue weighted by Crippen LogP contribution is 2.69. The first kappa shape index (κ1) is 43.5. The lowest BCUT2D eigenvalue weighted by molar-refractivity contribution is -0.251. The summed E-state index contributed by atoms with van der Waals surface area (Å²) in [7, 11) is -5.44. The molecule has 0 aliphatic carbocycles. The van der Waals surface area contributed by atoms with Crippen LogP contribution in [0.1, 0.15) is 62.5 Å². The molecule has 10 atom stereocenters. The molecular formula is C37H37Cl2F2N4O12PS2. The molecule has 4 fully saturated rings. The van der Waals surface area contributed by atoms with Crippen molar-refractivity contribution in [3.63, 3.8) is 0 Å². The van der Waals surface area contributed by atoms with Crippen LogP contribution in [0.5, 0.6) is 0 Å². The quantitative estimate of drug-likeness (QED) is 0.133. The third-order valence-corrected chi connectivity index (χ3v) is 16.2. The standard InChI is InChI=1S/C37H37Cl2F2N4O12PS2/c1-19(2)55-58(52,56-26(20-3-7-22(38)8-4-20)36(40)28(48)34(13-17-59-34)30(53-36)44-15-11-24(46)42-32(44)50)57-27(21-5-9-23(39)10-6-21)37(41)29(49)35(14-18-60-35)31(54-37)45-16-12-25(47)43-33(45)51/h3-12,15-16,19,26-31,48-49H,13-14,17-18H2,1-2H3,(H,42,46,50)(H,43,47,51)/t26?,27?,28-,29-,30+,31+,34+,35+,36-,37-,58?/m0/s1.